The summed E-state index contributed by atoms with van der Waals surface area (Å²) < 4.78 is 13.3. The van der Waals surface area contributed by atoms with Crippen molar-refractivity contribution in [2.75, 3.05) is 45.2 Å². The maximum absolute atomic E-state index is 6.17. The zero-order valence-corrected chi connectivity index (χ0v) is 19.4. The SMILES string of the molecule is [B]C(P)n1cc(Cc2ccccc2OCCN2CCOCC2)c(-c2cc(C)nc(N)n2)n1. The number of aromatic nitrogens is 4. The second-order valence-electron chi connectivity index (χ2n) is 7.81. The summed E-state index contributed by atoms with van der Waals surface area (Å²) in [7, 11) is 8.62. The molecule has 0 aliphatic carbocycles. The molecule has 0 saturated carbocycles. The van der Waals surface area contributed by atoms with Gasteiger partial charge in [-0.2, -0.15) is 5.10 Å². The molecule has 1 fully saturated rings. The van der Waals surface area contributed by atoms with E-state index in [0.29, 0.717) is 18.7 Å². The summed E-state index contributed by atoms with van der Waals surface area (Å²) in [5, 5.41) is 4.68. The van der Waals surface area contributed by atoms with Gasteiger partial charge in [0.2, 0.25) is 5.95 Å². The first kappa shape index (κ1) is 22.7. The van der Waals surface area contributed by atoms with Gasteiger partial charge in [0.25, 0.3) is 0 Å². The molecule has 0 spiro atoms. The van der Waals surface area contributed by atoms with Crippen molar-refractivity contribution in [2.45, 2.75) is 19.0 Å². The molecule has 166 valence electrons. The number of para-hydroxylation sites is 1. The van der Waals surface area contributed by atoms with Crippen LogP contribution in [-0.4, -0.2) is 71.9 Å². The predicted molar refractivity (Wildman–Crippen MR) is 129 cm³/mol. The van der Waals surface area contributed by atoms with Gasteiger partial charge >= 0.3 is 0 Å². The van der Waals surface area contributed by atoms with Gasteiger partial charge in [0.1, 0.15) is 25.9 Å². The third kappa shape index (κ3) is 5.65. The predicted octanol–water partition coefficient (Wildman–Crippen LogP) is 2.03. The van der Waals surface area contributed by atoms with Crippen LogP contribution in [0.4, 0.5) is 5.95 Å². The highest BCUT2D eigenvalue weighted by atomic mass is 31.0. The largest absolute Gasteiger partial charge is 0.492 e. The average molecular weight is 450 g/mol. The number of nitrogens with two attached hydrogens (primary N) is 1. The summed E-state index contributed by atoms with van der Waals surface area (Å²) in [5.74, 6) is 1.09. The molecule has 2 N–H and O–H groups in total. The Bertz CT molecular complexity index is 1030. The summed E-state index contributed by atoms with van der Waals surface area (Å²) in [6.45, 7) is 6.86. The van der Waals surface area contributed by atoms with Crippen LogP contribution < -0.4 is 10.5 Å². The van der Waals surface area contributed by atoms with Crippen molar-refractivity contribution < 1.29 is 9.47 Å². The van der Waals surface area contributed by atoms with Crippen molar-refractivity contribution in [1.29, 1.82) is 0 Å². The van der Waals surface area contributed by atoms with E-state index < -0.39 is 0 Å². The number of nitrogens with zero attached hydrogens (tertiary/aromatic N) is 5. The molecule has 2 aromatic heterocycles. The first-order valence-electron chi connectivity index (χ1n) is 10.7. The van der Waals surface area contributed by atoms with Gasteiger partial charge in [0, 0.05) is 49.2 Å². The van der Waals surface area contributed by atoms with Crippen molar-refractivity contribution in [1.82, 2.24) is 24.6 Å². The first-order valence-corrected chi connectivity index (χ1v) is 11.4. The minimum absolute atomic E-state index is 0.225. The molecule has 0 amide bonds. The normalized spacial score (nSPS) is 15.6. The van der Waals surface area contributed by atoms with Crippen LogP contribution in [0.1, 0.15) is 22.5 Å². The summed E-state index contributed by atoms with van der Waals surface area (Å²) >= 11 is 0. The van der Waals surface area contributed by atoms with Gasteiger partial charge in [-0.1, -0.05) is 18.2 Å². The average Bonchev–Trinajstić information content (AvgIpc) is 3.19. The molecule has 1 aliphatic heterocycles. The standard InChI is InChI=1S/C22H28BN6O2P/c1-15-12-18(26-22(24)25-15)20-17(14-29(27-20)21(23)32)13-16-4-2-3-5-19(16)31-11-8-28-6-9-30-10-7-28/h2-5,12,14,21H,6-11,13,32H2,1H3,(H2,24,25,26). The van der Waals surface area contributed by atoms with Gasteiger partial charge < -0.3 is 15.2 Å². The number of hydrogen-bond acceptors (Lipinski definition) is 7. The van der Waals surface area contributed by atoms with Crippen molar-refractivity contribution in [3.8, 4) is 17.1 Å². The van der Waals surface area contributed by atoms with E-state index in [1.807, 2.05) is 37.4 Å². The van der Waals surface area contributed by atoms with Gasteiger partial charge in [0.15, 0.2) is 0 Å². The molecule has 2 unspecified atom stereocenters. The Morgan fingerprint density at radius 2 is 2.00 bits per heavy atom. The lowest BCUT2D eigenvalue weighted by Crippen LogP contribution is -2.38. The van der Waals surface area contributed by atoms with Crippen LogP contribution >= 0.6 is 9.24 Å². The fourth-order valence-corrected chi connectivity index (χ4v) is 3.90. The second-order valence-corrected chi connectivity index (χ2v) is 8.50. The van der Waals surface area contributed by atoms with E-state index in [2.05, 4.69) is 35.3 Å². The first-order chi connectivity index (χ1) is 15.5. The number of hydrogen-bond donors (Lipinski definition) is 1. The maximum Gasteiger partial charge on any atom is 0.220 e. The fraction of sp³-hybridized carbons (Fsp3) is 0.409. The minimum atomic E-state index is -0.345. The molecule has 10 heteroatoms. The molecule has 32 heavy (non-hydrogen) atoms. The molecule has 0 bridgehead atoms. The van der Waals surface area contributed by atoms with Gasteiger partial charge in [-0.15, -0.1) is 9.24 Å². The summed E-state index contributed by atoms with van der Waals surface area (Å²) in [6, 6.07) is 9.97. The lowest BCUT2D eigenvalue weighted by molar-refractivity contribution is 0.0322. The van der Waals surface area contributed by atoms with Crippen molar-refractivity contribution >= 4 is 23.0 Å². The van der Waals surface area contributed by atoms with E-state index in [4.69, 9.17) is 23.1 Å². The number of anilines is 1. The molecule has 3 heterocycles. The second kappa shape index (κ2) is 10.4. The minimum Gasteiger partial charge on any atom is -0.492 e. The summed E-state index contributed by atoms with van der Waals surface area (Å²) in [5.41, 5.74) is 9.82. The lowest BCUT2D eigenvalue weighted by Gasteiger charge is -2.26. The molecule has 8 nitrogen and oxygen atoms in total. The molecule has 1 aliphatic rings. The third-order valence-electron chi connectivity index (χ3n) is 5.35. The highest BCUT2D eigenvalue weighted by molar-refractivity contribution is 7.19. The number of benzene rings is 1. The molecule has 2 atom stereocenters. The molecule has 4 rings (SSSR count). The van der Waals surface area contributed by atoms with Crippen LogP contribution in [0, 0.1) is 6.92 Å². The van der Waals surface area contributed by atoms with Crippen LogP contribution in [0.3, 0.4) is 0 Å². The Morgan fingerprint density at radius 1 is 1.22 bits per heavy atom. The van der Waals surface area contributed by atoms with Crippen LogP contribution in [0.25, 0.3) is 11.4 Å². The van der Waals surface area contributed by atoms with Crippen LogP contribution in [0.5, 0.6) is 5.75 Å². The maximum atomic E-state index is 6.17. The highest BCUT2D eigenvalue weighted by Gasteiger charge is 2.17. The topological polar surface area (TPSA) is 91.3 Å². The van der Waals surface area contributed by atoms with Crippen molar-refractivity contribution in [3.05, 3.63) is 53.3 Å². The number of rotatable bonds is 8. The number of nitrogen functional groups attached to an aromatic ring is 1. The Morgan fingerprint density at radius 3 is 2.75 bits per heavy atom. The van der Waals surface area contributed by atoms with Gasteiger partial charge in [-0.05, 0) is 24.6 Å². The van der Waals surface area contributed by atoms with E-state index in [1.54, 1.807) is 4.68 Å². The number of ether oxygens (including phenoxy) is 2. The monoisotopic (exact) mass is 450 g/mol. The third-order valence-corrected chi connectivity index (χ3v) is 5.66. The van der Waals surface area contributed by atoms with E-state index in [1.165, 1.54) is 0 Å². The summed E-state index contributed by atoms with van der Waals surface area (Å²) in [4.78, 5) is 10.9. The fourth-order valence-electron chi connectivity index (χ4n) is 3.75. The Hall–Kier alpha value is -2.48. The van der Waals surface area contributed by atoms with E-state index in [-0.39, 0.29) is 11.6 Å². The molecular formula is C22H28BN6O2P. The molecule has 2 radical (unpaired) electrons. The number of morpholine rings is 1. The zero-order chi connectivity index (χ0) is 22.5. The zero-order valence-electron chi connectivity index (χ0n) is 18.3. The molecule has 1 aromatic carbocycles. The Kier molecular flexibility index (Phi) is 7.40. The smallest absolute Gasteiger partial charge is 0.220 e. The quantitative estimate of drug-likeness (QED) is 0.415. The van der Waals surface area contributed by atoms with E-state index >= 15 is 0 Å². The van der Waals surface area contributed by atoms with E-state index in [0.717, 1.165) is 61.1 Å². The Balaban J connectivity index is 1.56. The van der Waals surface area contributed by atoms with Crippen molar-refractivity contribution in [2.24, 2.45) is 0 Å². The molecule has 3 aromatic rings. The van der Waals surface area contributed by atoms with E-state index in [9.17, 15) is 0 Å². The van der Waals surface area contributed by atoms with Gasteiger partial charge in [0.05, 0.1) is 18.9 Å². The highest BCUT2D eigenvalue weighted by Crippen LogP contribution is 2.29. The van der Waals surface area contributed by atoms with Crippen molar-refractivity contribution in [3.63, 3.8) is 0 Å². The number of aryl methyl sites for hydroxylation is 1. The molecule has 1 saturated heterocycles. The molecular weight excluding hydrogens is 422 g/mol. The Labute approximate surface area is 192 Å². The van der Waals surface area contributed by atoms with Gasteiger partial charge in [-0.3, -0.25) is 9.58 Å². The van der Waals surface area contributed by atoms with Crippen LogP contribution in [0.15, 0.2) is 36.5 Å². The van der Waals surface area contributed by atoms with Crippen LogP contribution in [-0.2, 0) is 11.2 Å². The lowest BCUT2D eigenvalue weighted by atomic mass is 10.0. The van der Waals surface area contributed by atoms with Crippen LogP contribution in [0.2, 0.25) is 0 Å². The summed E-state index contributed by atoms with van der Waals surface area (Å²) in [6.07, 6.45) is 2.58. The van der Waals surface area contributed by atoms with Gasteiger partial charge in [-0.25, -0.2) is 9.97 Å².